The number of benzene rings is 1. The molecule has 0 fully saturated rings. The first kappa shape index (κ1) is 10.9. The molecule has 1 aromatic carbocycles. The number of hydrogen-bond acceptors (Lipinski definition) is 2. The number of hydrogen-bond donors (Lipinski definition) is 2. The zero-order chi connectivity index (χ0) is 10.8. The molecule has 0 heterocycles. The highest BCUT2D eigenvalue weighted by Crippen LogP contribution is 2.32. The maximum atomic E-state index is 9.22. The van der Waals surface area contributed by atoms with Crippen LogP contribution in [0.3, 0.4) is 0 Å². The lowest BCUT2D eigenvalue weighted by Crippen LogP contribution is -2.27. The van der Waals surface area contributed by atoms with Gasteiger partial charge in [0.25, 0.3) is 0 Å². The Balaban J connectivity index is 2.08. The smallest absolute Gasteiger partial charge is 0.0636 e. The Morgan fingerprint density at radius 3 is 3.13 bits per heavy atom. The number of nitrogens with one attached hydrogen (secondary N) is 1. The molecule has 2 atom stereocenters. The molecular formula is C12H16ClNO. The number of fused-ring (bicyclic) bond motifs is 1. The van der Waals surface area contributed by atoms with Gasteiger partial charge in [-0.15, -0.1) is 0 Å². The van der Waals surface area contributed by atoms with E-state index >= 15 is 0 Å². The molecule has 0 saturated heterocycles. The molecular weight excluding hydrogens is 210 g/mol. The minimum Gasteiger partial charge on any atom is -0.392 e. The lowest BCUT2D eigenvalue weighted by atomic mass is 10.1. The Hall–Kier alpha value is -0.570. The summed E-state index contributed by atoms with van der Waals surface area (Å²) in [6, 6.07) is 6.44. The van der Waals surface area contributed by atoms with Crippen molar-refractivity contribution < 1.29 is 5.11 Å². The minimum atomic E-state index is -0.290. The molecule has 3 heteroatoms. The molecule has 0 radical (unpaired) electrons. The van der Waals surface area contributed by atoms with Gasteiger partial charge >= 0.3 is 0 Å². The molecule has 0 amide bonds. The van der Waals surface area contributed by atoms with Crippen molar-refractivity contribution in [3.8, 4) is 0 Å². The molecule has 1 aliphatic rings. The first-order valence-corrected chi connectivity index (χ1v) is 5.74. The van der Waals surface area contributed by atoms with E-state index in [1.165, 1.54) is 11.1 Å². The molecule has 0 saturated carbocycles. The van der Waals surface area contributed by atoms with Crippen molar-refractivity contribution in [1.29, 1.82) is 0 Å². The Kier molecular flexibility index (Phi) is 3.29. The number of halogens is 1. The van der Waals surface area contributed by atoms with Crippen LogP contribution >= 0.6 is 11.6 Å². The molecule has 0 aliphatic heterocycles. The molecule has 2 nitrogen and oxygen atoms in total. The average Bonchev–Trinajstić information content (AvgIpc) is 2.57. The molecule has 82 valence electrons. The summed E-state index contributed by atoms with van der Waals surface area (Å²) in [5.74, 6) is 0. The third-order valence-electron chi connectivity index (χ3n) is 2.84. The summed E-state index contributed by atoms with van der Waals surface area (Å²) in [4.78, 5) is 0. The fraction of sp³-hybridized carbons (Fsp3) is 0.500. The molecule has 1 aliphatic carbocycles. The van der Waals surface area contributed by atoms with Gasteiger partial charge in [-0.2, -0.15) is 0 Å². The molecule has 0 bridgehead atoms. The number of aryl methyl sites for hydroxylation is 1. The van der Waals surface area contributed by atoms with E-state index in [-0.39, 0.29) is 6.10 Å². The van der Waals surface area contributed by atoms with Crippen LogP contribution in [0.25, 0.3) is 0 Å². The summed E-state index contributed by atoms with van der Waals surface area (Å²) in [6.07, 6.45) is 1.89. The molecule has 0 unspecified atom stereocenters. The molecule has 0 spiro atoms. The second-order valence-corrected chi connectivity index (χ2v) is 4.63. The van der Waals surface area contributed by atoms with Crippen LogP contribution in [0.4, 0.5) is 0 Å². The summed E-state index contributed by atoms with van der Waals surface area (Å²) in [5, 5.41) is 13.4. The standard InChI is InChI=1S/C12H16ClNO/c1-8(15)7-14-12-5-2-9-6-10(13)3-4-11(9)12/h3-4,6,8,12,14-15H,2,5,7H2,1H3/t8-,12+/m1/s1. The van der Waals surface area contributed by atoms with E-state index in [1.807, 2.05) is 12.1 Å². The van der Waals surface area contributed by atoms with Crippen LogP contribution in [0.1, 0.15) is 30.5 Å². The van der Waals surface area contributed by atoms with Crippen LogP contribution in [0.2, 0.25) is 5.02 Å². The number of aliphatic hydroxyl groups excluding tert-OH is 1. The Labute approximate surface area is 95.3 Å². The maximum Gasteiger partial charge on any atom is 0.0636 e. The van der Waals surface area contributed by atoms with Crippen molar-refractivity contribution in [3.63, 3.8) is 0 Å². The highest BCUT2D eigenvalue weighted by atomic mass is 35.5. The van der Waals surface area contributed by atoms with Gasteiger partial charge in [0.2, 0.25) is 0 Å². The summed E-state index contributed by atoms with van der Waals surface area (Å²) in [6.45, 7) is 2.44. The second-order valence-electron chi connectivity index (χ2n) is 4.19. The van der Waals surface area contributed by atoms with Gasteiger partial charge in [0, 0.05) is 17.6 Å². The third kappa shape index (κ3) is 2.51. The zero-order valence-electron chi connectivity index (χ0n) is 8.83. The first-order chi connectivity index (χ1) is 7.16. The van der Waals surface area contributed by atoms with Crippen LogP contribution in [0.5, 0.6) is 0 Å². The fourth-order valence-electron chi connectivity index (χ4n) is 2.11. The monoisotopic (exact) mass is 225 g/mol. The first-order valence-electron chi connectivity index (χ1n) is 5.36. The minimum absolute atomic E-state index is 0.290. The van der Waals surface area contributed by atoms with Gasteiger partial charge in [0.15, 0.2) is 0 Å². The van der Waals surface area contributed by atoms with E-state index in [0.29, 0.717) is 12.6 Å². The van der Waals surface area contributed by atoms with Crippen LogP contribution in [-0.2, 0) is 6.42 Å². The Bertz CT molecular complexity index is 351. The summed E-state index contributed by atoms with van der Waals surface area (Å²) >= 11 is 5.94. The predicted octanol–water partition coefficient (Wildman–Crippen LogP) is 2.30. The van der Waals surface area contributed by atoms with Crippen molar-refractivity contribution in [1.82, 2.24) is 5.32 Å². The number of aliphatic hydroxyl groups is 1. The molecule has 2 N–H and O–H groups in total. The number of rotatable bonds is 3. The van der Waals surface area contributed by atoms with Gasteiger partial charge in [-0.3, -0.25) is 0 Å². The highest BCUT2D eigenvalue weighted by Gasteiger charge is 2.21. The Morgan fingerprint density at radius 1 is 1.60 bits per heavy atom. The lowest BCUT2D eigenvalue weighted by Gasteiger charge is -2.15. The van der Waals surface area contributed by atoms with Gasteiger partial charge in [-0.05, 0) is 43.0 Å². The van der Waals surface area contributed by atoms with E-state index < -0.39 is 0 Å². The van der Waals surface area contributed by atoms with E-state index in [1.54, 1.807) is 6.92 Å². The van der Waals surface area contributed by atoms with Gasteiger partial charge in [0.1, 0.15) is 0 Å². The zero-order valence-corrected chi connectivity index (χ0v) is 9.59. The SMILES string of the molecule is C[C@@H](O)CN[C@H]1CCc2cc(Cl)ccc21. The molecule has 1 aromatic rings. The average molecular weight is 226 g/mol. The van der Waals surface area contributed by atoms with Crippen molar-refractivity contribution in [2.24, 2.45) is 0 Å². The van der Waals surface area contributed by atoms with Gasteiger partial charge in [-0.25, -0.2) is 0 Å². The van der Waals surface area contributed by atoms with Crippen LogP contribution in [0, 0.1) is 0 Å². The third-order valence-corrected chi connectivity index (χ3v) is 3.08. The van der Waals surface area contributed by atoms with Crippen LogP contribution < -0.4 is 5.32 Å². The predicted molar refractivity (Wildman–Crippen MR) is 62.2 cm³/mol. The topological polar surface area (TPSA) is 32.3 Å². The van der Waals surface area contributed by atoms with Crippen LogP contribution in [0.15, 0.2) is 18.2 Å². The molecule has 2 rings (SSSR count). The van der Waals surface area contributed by atoms with Gasteiger partial charge < -0.3 is 10.4 Å². The summed E-state index contributed by atoms with van der Waals surface area (Å²) in [7, 11) is 0. The van der Waals surface area contributed by atoms with E-state index in [2.05, 4.69) is 11.4 Å². The normalized spacial score (nSPS) is 21.4. The van der Waals surface area contributed by atoms with Crippen molar-refractivity contribution in [2.45, 2.75) is 31.9 Å². The summed E-state index contributed by atoms with van der Waals surface area (Å²) < 4.78 is 0. The van der Waals surface area contributed by atoms with Crippen molar-refractivity contribution in [3.05, 3.63) is 34.3 Å². The molecule has 0 aromatic heterocycles. The second kappa shape index (κ2) is 4.52. The largest absolute Gasteiger partial charge is 0.392 e. The van der Waals surface area contributed by atoms with Crippen molar-refractivity contribution >= 4 is 11.6 Å². The quantitative estimate of drug-likeness (QED) is 0.828. The Morgan fingerprint density at radius 2 is 2.40 bits per heavy atom. The lowest BCUT2D eigenvalue weighted by molar-refractivity contribution is 0.186. The van der Waals surface area contributed by atoms with Crippen molar-refractivity contribution in [2.75, 3.05) is 6.54 Å². The summed E-state index contributed by atoms with van der Waals surface area (Å²) in [5.41, 5.74) is 2.67. The van der Waals surface area contributed by atoms with E-state index in [0.717, 1.165) is 17.9 Å². The van der Waals surface area contributed by atoms with E-state index in [4.69, 9.17) is 11.6 Å². The van der Waals surface area contributed by atoms with Crippen LogP contribution in [-0.4, -0.2) is 17.8 Å². The maximum absolute atomic E-state index is 9.22. The molecule has 15 heavy (non-hydrogen) atoms. The van der Waals surface area contributed by atoms with Gasteiger partial charge in [-0.1, -0.05) is 17.7 Å². The fourth-order valence-corrected chi connectivity index (χ4v) is 2.31. The highest BCUT2D eigenvalue weighted by molar-refractivity contribution is 6.30. The van der Waals surface area contributed by atoms with Gasteiger partial charge in [0.05, 0.1) is 6.10 Å². The van der Waals surface area contributed by atoms with E-state index in [9.17, 15) is 5.11 Å².